The Labute approximate surface area is 108 Å². The number of methoxy groups -OCH3 is 1. The van der Waals surface area contributed by atoms with Gasteiger partial charge in [0.05, 0.1) is 18.4 Å². The van der Waals surface area contributed by atoms with Crippen molar-refractivity contribution in [2.24, 2.45) is 5.92 Å². The third-order valence-corrected chi connectivity index (χ3v) is 4.29. The molecule has 0 aromatic heterocycles. The molecule has 2 bridgehead atoms. The molecular formula is C15H19NO2. The topological polar surface area (TPSA) is 29.5 Å². The molecule has 2 aliphatic rings. The Morgan fingerprint density at radius 2 is 2.22 bits per heavy atom. The summed E-state index contributed by atoms with van der Waals surface area (Å²) in [6.45, 7) is 2.72. The predicted octanol–water partition coefficient (Wildman–Crippen LogP) is 2.89. The van der Waals surface area contributed by atoms with Crippen LogP contribution in [0.5, 0.6) is 5.75 Å². The van der Waals surface area contributed by atoms with Gasteiger partial charge >= 0.3 is 0 Å². The molecule has 3 heteroatoms. The number of anilines is 1. The summed E-state index contributed by atoms with van der Waals surface area (Å²) in [4.78, 5) is 14.3. The first-order chi connectivity index (χ1) is 8.70. The van der Waals surface area contributed by atoms with E-state index in [-0.39, 0.29) is 5.78 Å². The second kappa shape index (κ2) is 4.30. The van der Waals surface area contributed by atoms with Crippen LogP contribution in [0.2, 0.25) is 0 Å². The smallest absolute Gasteiger partial charge is 0.165 e. The van der Waals surface area contributed by atoms with Crippen molar-refractivity contribution in [2.75, 3.05) is 18.6 Å². The molecular weight excluding hydrogens is 226 g/mol. The minimum Gasteiger partial charge on any atom is -0.496 e. The molecule has 1 aromatic carbocycles. The van der Waals surface area contributed by atoms with Crippen LogP contribution in [-0.4, -0.2) is 25.5 Å². The Kier molecular flexibility index (Phi) is 2.77. The lowest BCUT2D eigenvalue weighted by atomic mass is 10.0. The quantitative estimate of drug-likeness (QED) is 0.767. The standard InChI is InChI=1S/C15H19NO2/c1-10(17)15-13(4-3-5-14(15)18-2)16-9-11-6-7-12(16)8-11/h3-5,11-12H,6-9H2,1-2H3. The second-order valence-corrected chi connectivity index (χ2v) is 5.40. The van der Waals surface area contributed by atoms with E-state index in [1.165, 1.54) is 19.3 Å². The van der Waals surface area contributed by atoms with E-state index < -0.39 is 0 Å². The summed E-state index contributed by atoms with van der Waals surface area (Å²) in [5, 5.41) is 0. The van der Waals surface area contributed by atoms with Crippen LogP contribution in [-0.2, 0) is 0 Å². The molecule has 96 valence electrons. The second-order valence-electron chi connectivity index (χ2n) is 5.40. The number of ketones is 1. The Morgan fingerprint density at radius 1 is 1.39 bits per heavy atom. The van der Waals surface area contributed by atoms with E-state index in [1.807, 2.05) is 12.1 Å². The number of ether oxygens (including phenoxy) is 1. The fraction of sp³-hybridized carbons (Fsp3) is 0.533. The van der Waals surface area contributed by atoms with Gasteiger partial charge in [-0.1, -0.05) is 6.07 Å². The Morgan fingerprint density at radius 3 is 2.78 bits per heavy atom. The average Bonchev–Trinajstić information content (AvgIpc) is 2.99. The fourth-order valence-corrected chi connectivity index (χ4v) is 3.50. The third kappa shape index (κ3) is 1.69. The summed E-state index contributed by atoms with van der Waals surface area (Å²) >= 11 is 0. The molecule has 1 aliphatic carbocycles. The lowest BCUT2D eigenvalue weighted by molar-refractivity contribution is 0.101. The highest BCUT2D eigenvalue weighted by molar-refractivity contribution is 6.02. The largest absolute Gasteiger partial charge is 0.496 e. The molecule has 1 saturated heterocycles. The van der Waals surface area contributed by atoms with Gasteiger partial charge in [-0.3, -0.25) is 4.79 Å². The number of nitrogens with zero attached hydrogens (tertiary/aromatic N) is 1. The van der Waals surface area contributed by atoms with Crippen LogP contribution in [0, 0.1) is 5.92 Å². The van der Waals surface area contributed by atoms with Gasteiger partial charge in [0, 0.05) is 12.6 Å². The molecule has 18 heavy (non-hydrogen) atoms. The van der Waals surface area contributed by atoms with Gasteiger partial charge in [-0.2, -0.15) is 0 Å². The zero-order valence-electron chi connectivity index (χ0n) is 11.0. The van der Waals surface area contributed by atoms with Crippen LogP contribution in [0.15, 0.2) is 18.2 Å². The molecule has 0 amide bonds. The van der Waals surface area contributed by atoms with Crippen molar-refractivity contribution in [3.8, 4) is 5.75 Å². The van der Waals surface area contributed by atoms with Crippen molar-refractivity contribution in [3.63, 3.8) is 0 Å². The van der Waals surface area contributed by atoms with Crippen LogP contribution >= 0.6 is 0 Å². The lowest BCUT2D eigenvalue weighted by Crippen LogP contribution is -2.33. The van der Waals surface area contributed by atoms with Gasteiger partial charge < -0.3 is 9.64 Å². The Balaban J connectivity index is 2.03. The summed E-state index contributed by atoms with van der Waals surface area (Å²) in [5.41, 5.74) is 1.81. The number of benzene rings is 1. The number of fused-ring (bicyclic) bond motifs is 2. The maximum atomic E-state index is 11.9. The summed E-state index contributed by atoms with van der Waals surface area (Å²) in [5.74, 6) is 1.61. The van der Waals surface area contributed by atoms with E-state index in [9.17, 15) is 4.79 Å². The summed E-state index contributed by atoms with van der Waals surface area (Å²) in [6, 6.07) is 6.53. The van der Waals surface area contributed by atoms with Crippen LogP contribution in [0.25, 0.3) is 0 Å². The SMILES string of the molecule is COc1cccc(N2CC3CCC2C3)c1C(C)=O. The van der Waals surface area contributed by atoms with E-state index in [0.29, 0.717) is 11.8 Å². The first-order valence-electron chi connectivity index (χ1n) is 6.65. The van der Waals surface area contributed by atoms with Crippen molar-refractivity contribution in [1.29, 1.82) is 0 Å². The first-order valence-corrected chi connectivity index (χ1v) is 6.65. The molecule has 0 N–H and O–H groups in total. The number of Topliss-reactive ketones (excluding diaryl/α,β-unsaturated/α-hetero) is 1. The summed E-state index contributed by atoms with van der Waals surface area (Å²) < 4.78 is 5.34. The van der Waals surface area contributed by atoms with Gasteiger partial charge in [0.2, 0.25) is 0 Å². The third-order valence-electron chi connectivity index (χ3n) is 4.29. The maximum absolute atomic E-state index is 11.9. The molecule has 1 aliphatic heterocycles. The zero-order valence-corrected chi connectivity index (χ0v) is 11.0. The number of rotatable bonds is 3. The molecule has 2 unspecified atom stereocenters. The van der Waals surface area contributed by atoms with Gasteiger partial charge in [0.1, 0.15) is 5.75 Å². The van der Waals surface area contributed by atoms with Crippen LogP contribution in [0.4, 0.5) is 5.69 Å². The number of carbonyl (C=O) groups excluding carboxylic acids is 1. The molecule has 1 heterocycles. The molecule has 3 nitrogen and oxygen atoms in total. The van der Waals surface area contributed by atoms with Crippen molar-refractivity contribution in [2.45, 2.75) is 32.2 Å². The van der Waals surface area contributed by atoms with Gasteiger partial charge in [0.25, 0.3) is 0 Å². The first kappa shape index (κ1) is 11.6. The highest BCUT2D eigenvalue weighted by Gasteiger charge is 2.39. The zero-order chi connectivity index (χ0) is 12.7. The normalized spacial score (nSPS) is 25.6. The molecule has 0 spiro atoms. The highest BCUT2D eigenvalue weighted by atomic mass is 16.5. The van der Waals surface area contributed by atoms with E-state index in [4.69, 9.17) is 4.74 Å². The number of hydrogen-bond acceptors (Lipinski definition) is 3. The monoisotopic (exact) mass is 245 g/mol. The maximum Gasteiger partial charge on any atom is 0.165 e. The fourth-order valence-electron chi connectivity index (χ4n) is 3.50. The number of carbonyl (C=O) groups is 1. The molecule has 3 rings (SSSR count). The van der Waals surface area contributed by atoms with Gasteiger partial charge in [-0.05, 0) is 44.2 Å². The van der Waals surface area contributed by atoms with E-state index in [2.05, 4.69) is 11.0 Å². The molecule has 2 atom stereocenters. The summed E-state index contributed by atoms with van der Waals surface area (Å²) in [7, 11) is 1.63. The van der Waals surface area contributed by atoms with E-state index in [0.717, 1.165) is 23.7 Å². The molecule has 2 fully saturated rings. The summed E-state index contributed by atoms with van der Waals surface area (Å²) in [6.07, 6.45) is 3.90. The van der Waals surface area contributed by atoms with E-state index in [1.54, 1.807) is 14.0 Å². The van der Waals surface area contributed by atoms with Crippen LogP contribution < -0.4 is 9.64 Å². The molecule has 1 saturated carbocycles. The minimum absolute atomic E-state index is 0.0882. The van der Waals surface area contributed by atoms with Crippen LogP contribution in [0.3, 0.4) is 0 Å². The average molecular weight is 245 g/mol. The van der Waals surface area contributed by atoms with E-state index >= 15 is 0 Å². The van der Waals surface area contributed by atoms with Gasteiger partial charge in [-0.15, -0.1) is 0 Å². The minimum atomic E-state index is 0.0882. The van der Waals surface area contributed by atoms with Gasteiger partial charge in [0.15, 0.2) is 5.78 Å². The number of hydrogen-bond donors (Lipinski definition) is 0. The van der Waals surface area contributed by atoms with Crippen molar-refractivity contribution >= 4 is 11.5 Å². The highest BCUT2D eigenvalue weighted by Crippen LogP contribution is 2.42. The van der Waals surface area contributed by atoms with Crippen LogP contribution in [0.1, 0.15) is 36.5 Å². The van der Waals surface area contributed by atoms with Crippen molar-refractivity contribution in [3.05, 3.63) is 23.8 Å². The lowest BCUT2D eigenvalue weighted by Gasteiger charge is -2.31. The Bertz CT molecular complexity index is 483. The van der Waals surface area contributed by atoms with Gasteiger partial charge in [-0.25, -0.2) is 0 Å². The van der Waals surface area contributed by atoms with Crippen molar-refractivity contribution in [1.82, 2.24) is 0 Å². The predicted molar refractivity (Wildman–Crippen MR) is 71.5 cm³/mol. The Hall–Kier alpha value is -1.51. The molecule has 1 aromatic rings. The van der Waals surface area contributed by atoms with Crippen molar-refractivity contribution < 1.29 is 9.53 Å². The molecule has 0 radical (unpaired) electrons. The number of piperidine rings is 1.